The standard InChI is InChI=1S/C22H33F2N3O3/c1-5-21(28)27-11-7-9-25(16(2)3)8-6-10-26(22(29)15-30-4)14-17-12-18(23)19(24)13-20(17)27/h12-13,16H,5-11,14-15H2,1-4H3. The molecule has 0 radical (unpaired) electrons. The third kappa shape index (κ3) is 6.22. The van der Waals surface area contributed by atoms with Gasteiger partial charge in [0, 0.05) is 58.4 Å². The highest BCUT2D eigenvalue weighted by atomic mass is 19.2. The van der Waals surface area contributed by atoms with Crippen molar-refractivity contribution in [2.45, 2.75) is 52.6 Å². The zero-order valence-corrected chi connectivity index (χ0v) is 18.4. The van der Waals surface area contributed by atoms with Crippen molar-refractivity contribution >= 4 is 17.5 Å². The molecular formula is C22H33F2N3O3. The molecule has 0 bridgehead atoms. The molecule has 0 unspecified atom stereocenters. The SMILES string of the molecule is CCC(=O)N1CCCN(C(C)C)CCCN(C(=O)COC)Cc2cc(F)c(F)cc21. The summed E-state index contributed by atoms with van der Waals surface area (Å²) in [5.74, 6) is -2.39. The number of carbonyl (C=O) groups excluding carboxylic acids is 2. The van der Waals surface area contributed by atoms with Crippen LogP contribution in [0.15, 0.2) is 12.1 Å². The Bertz CT molecular complexity index is 743. The summed E-state index contributed by atoms with van der Waals surface area (Å²) >= 11 is 0. The lowest BCUT2D eigenvalue weighted by molar-refractivity contribution is -0.135. The Labute approximate surface area is 177 Å². The molecule has 6 nitrogen and oxygen atoms in total. The summed E-state index contributed by atoms with van der Waals surface area (Å²) in [5.41, 5.74) is 0.745. The molecule has 1 heterocycles. The van der Waals surface area contributed by atoms with Crippen LogP contribution < -0.4 is 4.90 Å². The Morgan fingerprint density at radius 1 is 1.03 bits per heavy atom. The second-order valence-corrected chi connectivity index (χ2v) is 7.88. The van der Waals surface area contributed by atoms with E-state index in [1.165, 1.54) is 12.0 Å². The quantitative estimate of drug-likeness (QED) is 0.744. The van der Waals surface area contributed by atoms with Crippen molar-refractivity contribution in [2.24, 2.45) is 0 Å². The number of benzene rings is 1. The molecule has 0 N–H and O–H groups in total. The molecule has 0 aliphatic carbocycles. The number of hydrogen-bond donors (Lipinski definition) is 0. The maximum absolute atomic E-state index is 14.1. The van der Waals surface area contributed by atoms with Gasteiger partial charge in [-0.1, -0.05) is 6.92 Å². The maximum Gasteiger partial charge on any atom is 0.248 e. The molecule has 0 saturated heterocycles. The van der Waals surface area contributed by atoms with Crippen LogP contribution in [0, 0.1) is 11.6 Å². The first-order valence-corrected chi connectivity index (χ1v) is 10.6. The first kappa shape index (κ1) is 24.2. The number of fused-ring (bicyclic) bond motifs is 1. The molecule has 1 aliphatic rings. The fourth-order valence-corrected chi connectivity index (χ4v) is 3.76. The molecule has 0 spiro atoms. The summed E-state index contributed by atoms with van der Waals surface area (Å²) in [4.78, 5) is 30.7. The average Bonchev–Trinajstić information content (AvgIpc) is 2.70. The van der Waals surface area contributed by atoms with Gasteiger partial charge in [0.05, 0.1) is 5.69 Å². The van der Waals surface area contributed by atoms with Crippen LogP contribution in [0.4, 0.5) is 14.5 Å². The number of hydrogen-bond acceptors (Lipinski definition) is 4. The van der Waals surface area contributed by atoms with E-state index in [0.717, 1.165) is 31.6 Å². The molecule has 0 fully saturated rings. The molecule has 1 aromatic rings. The van der Waals surface area contributed by atoms with Crippen molar-refractivity contribution < 1.29 is 23.1 Å². The highest BCUT2D eigenvalue weighted by Crippen LogP contribution is 2.27. The Kier molecular flexibility index (Phi) is 9.17. The second kappa shape index (κ2) is 11.4. The number of rotatable bonds is 4. The lowest BCUT2D eigenvalue weighted by Gasteiger charge is -2.33. The van der Waals surface area contributed by atoms with Gasteiger partial charge in [-0.2, -0.15) is 0 Å². The van der Waals surface area contributed by atoms with Crippen LogP contribution >= 0.6 is 0 Å². The van der Waals surface area contributed by atoms with E-state index in [1.54, 1.807) is 11.8 Å². The first-order valence-electron chi connectivity index (χ1n) is 10.6. The number of methoxy groups -OCH3 is 1. The third-order valence-electron chi connectivity index (χ3n) is 5.43. The first-order chi connectivity index (χ1) is 14.3. The van der Waals surface area contributed by atoms with Gasteiger partial charge in [-0.05, 0) is 38.3 Å². The van der Waals surface area contributed by atoms with E-state index < -0.39 is 11.6 Å². The summed E-state index contributed by atoms with van der Waals surface area (Å²) in [6.07, 6.45) is 1.72. The molecule has 8 heteroatoms. The van der Waals surface area contributed by atoms with Gasteiger partial charge in [-0.15, -0.1) is 0 Å². The van der Waals surface area contributed by atoms with E-state index in [9.17, 15) is 18.4 Å². The molecule has 168 valence electrons. The van der Waals surface area contributed by atoms with Crippen molar-refractivity contribution in [1.82, 2.24) is 9.80 Å². The van der Waals surface area contributed by atoms with E-state index in [2.05, 4.69) is 18.7 Å². The van der Waals surface area contributed by atoms with E-state index in [-0.39, 0.29) is 31.4 Å². The zero-order valence-electron chi connectivity index (χ0n) is 18.4. The highest BCUT2D eigenvalue weighted by molar-refractivity contribution is 5.94. The van der Waals surface area contributed by atoms with Crippen LogP contribution in [0.1, 0.15) is 45.6 Å². The van der Waals surface area contributed by atoms with Crippen LogP contribution in [0.2, 0.25) is 0 Å². The fourth-order valence-electron chi connectivity index (χ4n) is 3.76. The summed E-state index contributed by atoms with van der Waals surface area (Å²) in [5, 5.41) is 0. The van der Waals surface area contributed by atoms with Gasteiger partial charge >= 0.3 is 0 Å². The lowest BCUT2D eigenvalue weighted by atomic mass is 10.1. The second-order valence-electron chi connectivity index (χ2n) is 7.88. The molecule has 0 saturated carbocycles. The Balaban J connectivity index is 2.49. The van der Waals surface area contributed by atoms with Gasteiger partial charge in [0.25, 0.3) is 0 Å². The number of ether oxygens (including phenoxy) is 1. The summed E-state index contributed by atoms with van der Waals surface area (Å²) in [6.45, 7) is 8.41. The molecule has 0 atom stereocenters. The number of anilines is 1. The molecule has 0 aromatic heterocycles. The highest BCUT2D eigenvalue weighted by Gasteiger charge is 2.24. The Hall–Kier alpha value is -2.06. The lowest BCUT2D eigenvalue weighted by Crippen LogP contribution is -2.41. The largest absolute Gasteiger partial charge is 0.375 e. The van der Waals surface area contributed by atoms with Crippen LogP contribution in [-0.4, -0.2) is 67.6 Å². The molecule has 2 amide bonds. The molecule has 1 aromatic carbocycles. The minimum atomic E-state index is -1.01. The van der Waals surface area contributed by atoms with Crippen molar-refractivity contribution in [3.63, 3.8) is 0 Å². The third-order valence-corrected chi connectivity index (χ3v) is 5.43. The molecule has 2 rings (SSSR count). The van der Waals surface area contributed by atoms with Crippen molar-refractivity contribution in [2.75, 3.05) is 44.8 Å². The van der Waals surface area contributed by atoms with Gasteiger partial charge in [0.15, 0.2) is 11.6 Å². The Morgan fingerprint density at radius 2 is 1.67 bits per heavy atom. The van der Waals surface area contributed by atoms with Gasteiger partial charge in [0.1, 0.15) is 6.61 Å². The maximum atomic E-state index is 14.1. The molecule has 1 aliphatic heterocycles. The number of amides is 2. The van der Waals surface area contributed by atoms with E-state index in [4.69, 9.17) is 4.74 Å². The normalized spacial score (nSPS) is 16.8. The number of carbonyl (C=O) groups is 2. The van der Waals surface area contributed by atoms with Crippen molar-refractivity contribution in [1.29, 1.82) is 0 Å². The van der Waals surface area contributed by atoms with Gasteiger partial charge < -0.3 is 19.4 Å². The van der Waals surface area contributed by atoms with Crippen molar-refractivity contribution in [3.05, 3.63) is 29.3 Å². The smallest absolute Gasteiger partial charge is 0.248 e. The summed E-state index contributed by atoms with van der Waals surface area (Å²) in [6, 6.07) is 2.49. The topological polar surface area (TPSA) is 53.1 Å². The summed E-state index contributed by atoms with van der Waals surface area (Å²) < 4.78 is 33.2. The van der Waals surface area contributed by atoms with E-state index in [0.29, 0.717) is 36.8 Å². The van der Waals surface area contributed by atoms with Crippen LogP contribution in [0.3, 0.4) is 0 Å². The Morgan fingerprint density at radius 3 is 2.27 bits per heavy atom. The molecule has 30 heavy (non-hydrogen) atoms. The van der Waals surface area contributed by atoms with E-state index in [1.807, 2.05) is 0 Å². The predicted molar refractivity (Wildman–Crippen MR) is 112 cm³/mol. The average molecular weight is 426 g/mol. The predicted octanol–water partition coefficient (Wildman–Crippen LogP) is 3.19. The zero-order chi connectivity index (χ0) is 22.3. The van der Waals surface area contributed by atoms with E-state index >= 15 is 0 Å². The minimum Gasteiger partial charge on any atom is -0.375 e. The monoisotopic (exact) mass is 425 g/mol. The van der Waals surface area contributed by atoms with Crippen LogP contribution in [0.5, 0.6) is 0 Å². The number of nitrogens with zero attached hydrogens (tertiary/aromatic N) is 3. The van der Waals surface area contributed by atoms with Crippen LogP contribution in [-0.2, 0) is 20.9 Å². The van der Waals surface area contributed by atoms with Gasteiger partial charge in [-0.3, -0.25) is 9.59 Å². The summed E-state index contributed by atoms with van der Waals surface area (Å²) in [7, 11) is 1.44. The van der Waals surface area contributed by atoms with Gasteiger partial charge in [-0.25, -0.2) is 8.78 Å². The van der Waals surface area contributed by atoms with Gasteiger partial charge in [0.2, 0.25) is 11.8 Å². The minimum absolute atomic E-state index is 0.0872. The fraction of sp³-hybridized carbons (Fsp3) is 0.636. The van der Waals surface area contributed by atoms with Crippen LogP contribution in [0.25, 0.3) is 0 Å². The van der Waals surface area contributed by atoms with Crippen molar-refractivity contribution in [3.8, 4) is 0 Å². The molecular weight excluding hydrogens is 392 g/mol. The number of halogens is 2.